The minimum absolute atomic E-state index is 0.407. The summed E-state index contributed by atoms with van der Waals surface area (Å²) in [5, 5.41) is 13.3. The topological polar surface area (TPSA) is 61.4 Å². The van der Waals surface area contributed by atoms with E-state index in [1.807, 2.05) is 0 Å². The zero-order valence-corrected chi connectivity index (χ0v) is 9.99. The molecule has 1 rings (SSSR count). The summed E-state index contributed by atoms with van der Waals surface area (Å²) in [5.41, 5.74) is 0.602. The number of hydrogen-bond donors (Lipinski definition) is 3. The van der Waals surface area contributed by atoms with E-state index in [1.54, 1.807) is 30.3 Å². The van der Waals surface area contributed by atoms with E-state index in [1.165, 1.54) is 6.92 Å². The largest absolute Gasteiger partial charge is 0.390 e. The Balaban J connectivity index is 2.43. The van der Waals surface area contributed by atoms with Crippen LogP contribution >= 0.6 is 0 Å². The molecular formula is C12H16F2N2O2. The van der Waals surface area contributed by atoms with Crippen LogP contribution in [0, 0.1) is 0 Å². The molecule has 18 heavy (non-hydrogen) atoms. The van der Waals surface area contributed by atoms with Crippen LogP contribution in [0.2, 0.25) is 0 Å². The molecule has 0 aliphatic heterocycles. The van der Waals surface area contributed by atoms with Crippen molar-refractivity contribution in [2.75, 3.05) is 18.5 Å². The maximum atomic E-state index is 12.8. The lowest BCUT2D eigenvalue weighted by molar-refractivity contribution is -0.118. The number of alkyl halides is 2. The van der Waals surface area contributed by atoms with Gasteiger partial charge in [0.25, 0.3) is 5.92 Å². The molecule has 1 atom stereocenters. The number of rotatable bonds is 6. The third-order valence-electron chi connectivity index (χ3n) is 2.33. The summed E-state index contributed by atoms with van der Waals surface area (Å²) in [6.45, 7) is -0.508. The van der Waals surface area contributed by atoms with Gasteiger partial charge in [0.1, 0.15) is 6.61 Å². The Morgan fingerprint density at radius 1 is 1.39 bits per heavy atom. The van der Waals surface area contributed by atoms with Gasteiger partial charge < -0.3 is 15.7 Å². The molecule has 3 N–H and O–H groups in total. The van der Waals surface area contributed by atoms with E-state index in [9.17, 15) is 13.6 Å². The van der Waals surface area contributed by atoms with Crippen molar-refractivity contribution in [1.29, 1.82) is 0 Å². The van der Waals surface area contributed by atoms with Crippen LogP contribution in [0.5, 0.6) is 0 Å². The number of halogens is 2. The molecule has 4 nitrogen and oxygen atoms in total. The smallest absolute Gasteiger partial charge is 0.282 e. The molecule has 0 fully saturated rings. The average Bonchev–Trinajstić information content (AvgIpc) is 2.37. The zero-order valence-electron chi connectivity index (χ0n) is 9.99. The summed E-state index contributed by atoms with van der Waals surface area (Å²) in [4.78, 5) is 11.6. The van der Waals surface area contributed by atoms with Gasteiger partial charge in [-0.05, 0) is 19.1 Å². The van der Waals surface area contributed by atoms with Crippen molar-refractivity contribution in [3.05, 3.63) is 30.3 Å². The van der Waals surface area contributed by atoms with Gasteiger partial charge in [-0.2, -0.15) is 0 Å². The molecule has 0 saturated heterocycles. The minimum Gasteiger partial charge on any atom is -0.390 e. The van der Waals surface area contributed by atoms with Crippen LogP contribution in [-0.4, -0.2) is 36.1 Å². The molecule has 0 aliphatic rings. The zero-order chi connectivity index (χ0) is 13.6. The van der Waals surface area contributed by atoms with Crippen LogP contribution in [0.25, 0.3) is 0 Å². The molecule has 1 aromatic carbocycles. The standard InChI is InChI=1S/C12H16F2N2O2/c1-9(15-7-12(13,14)8-17)11(18)16-10-5-3-2-4-6-10/h2-6,9,15,17H,7-8H2,1H3,(H,16,18). The molecule has 0 saturated carbocycles. The van der Waals surface area contributed by atoms with E-state index in [-0.39, 0.29) is 0 Å². The predicted molar refractivity (Wildman–Crippen MR) is 64.6 cm³/mol. The van der Waals surface area contributed by atoms with Crippen LogP contribution < -0.4 is 10.6 Å². The highest BCUT2D eigenvalue weighted by molar-refractivity contribution is 5.94. The molecule has 0 aromatic heterocycles. The third kappa shape index (κ3) is 4.77. The third-order valence-corrected chi connectivity index (χ3v) is 2.33. The van der Waals surface area contributed by atoms with Gasteiger partial charge >= 0.3 is 0 Å². The predicted octanol–water partition coefficient (Wildman–Crippen LogP) is 1.23. The van der Waals surface area contributed by atoms with Crippen LogP contribution in [0.1, 0.15) is 6.92 Å². The number of benzene rings is 1. The van der Waals surface area contributed by atoms with Gasteiger partial charge in [0.2, 0.25) is 5.91 Å². The van der Waals surface area contributed by atoms with Crippen molar-refractivity contribution in [2.45, 2.75) is 18.9 Å². The highest BCUT2D eigenvalue weighted by Gasteiger charge is 2.28. The quantitative estimate of drug-likeness (QED) is 0.719. The summed E-state index contributed by atoms with van der Waals surface area (Å²) in [6.07, 6.45) is 0. The molecule has 1 amide bonds. The molecular weight excluding hydrogens is 242 g/mol. The molecule has 0 aliphatic carbocycles. The summed E-state index contributed by atoms with van der Waals surface area (Å²) >= 11 is 0. The Kier molecular flexibility index (Phi) is 5.18. The van der Waals surface area contributed by atoms with Crippen LogP contribution in [0.3, 0.4) is 0 Å². The molecule has 1 unspecified atom stereocenters. The van der Waals surface area contributed by atoms with Crippen LogP contribution in [-0.2, 0) is 4.79 Å². The Bertz CT molecular complexity index is 385. The first-order valence-corrected chi connectivity index (χ1v) is 5.52. The lowest BCUT2D eigenvalue weighted by Gasteiger charge is -2.18. The van der Waals surface area contributed by atoms with Gasteiger partial charge in [-0.3, -0.25) is 4.79 Å². The number of nitrogens with one attached hydrogen (secondary N) is 2. The van der Waals surface area contributed by atoms with Gasteiger partial charge in [0.15, 0.2) is 0 Å². The van der Waals surface area contributed by atoms with Crippen LogP contribution in [0.15, 0.2) is 30.3 Å². The second-order valence-electron chi connectivity index (χ2n) is 3.97. The van der Waals surface area contributed by atoms with Gasteiger partial charge in [-0.15, -0.1) is 0 Å². The van der Waals surface area contributed by atoms with E-state index in [2.05, 4.69) is 10.6 Å². The summed E-state index contributed by atoms with van der Waals surface area (Å²) in [7, 11) is 0. The van der Waals surface area contributed by atoms with Gasteiger partial charge in [-0.25, -0.2) is 8.78 Å². The van der Waals surface area contributed by atoms with E-state index in [0.29, 0.717) is 5.69 Å². The maximum Gasteiger partial charge on any atom is 0.282 e. The van der Waals surface area contributed by atoms with E-state index >= 15 is 0 Å². The second-order valence-corrected chi connectivity index (χ2v) is 3.97. The summed E-state index contributed by atoms with van der Waals surface area (Å²) < 4.78 is 25.5. The lowest BCUT2D eigenvalue weighted by Crippen LogP contribution is -2.45. The number of aliphatic hydroxyl groups excluding tert-OH is 1. The number of hydrogen-bond acceptors (Lipinski definition) is 3. The number of amides is 1. The second kappa shape index (κ2) is 6.42. The van der Waals surface area contributed by atoms with Crippen molar-refractivity contribution in [3.8, 4) is 0 Å². The highest BCUT2D eigenvalue weighted by Crippen LogP contribution is 2.10. The number of anilines is 1. The average molecular weight is 258 g/mol. The molecule has 0 radical (unpaired) electrons. The molecule has 0 heterocycles. The SMILES string of the molecule is CC(NCC(F)(F)CO)C(=O)Nc1ccccc1. The molecule has 0 spiro atoms. The van der Waals surface area contributed by atoms with E-state index in [4.69, 9.17) is 5.11 Å². The van der Waals surface area contributed by atoms with Gasteiger partial charge in [0, 0.05) is 5.69 Å². The van der Waals surface area contributed by atoms with Crippen molar-refractivity contribution in [2.24, 2.45) is 0 Å². The van der Waals surface area contributed by atoms with E-state index in [0.717, 1.165) is 0 Å². The Morgan fingerprint density at radius 3 is 2.56 bits per heavy atom. The lowest BCUT2D eigenvalue weighted by atomic mass is 10.2. The fourth-order valence-corrected chi connectivity index (χ4v) is 1.22. The van der Waals surface area contributed by atoms with Crippen molar-refractivity contribution < 1.29 is 18.7 Å². The molecule has 1 aromatic rings. The van der Waals surface area contributed by atoms with Gasteiger partial charge in [0.05, 0.1) is 12.6 Å². The number of carbonyl (C=O) groups is 1. The summed E-state index contributed by atoms with van der Waals surface area (Å²) in [6, 6.07) is 7.95. The maximum absolute atomic E-state index is 12.8. The van der Waals surface area contributed by atoms with Crippen molar-refractivity contribution >= 4 is 11.6 Å². The first kappa shape index (κ1) is 14.5. The molecule has 0 bridgehead atoms. The normalized spacial score (nSPS) is 13.1. The van der Waals surface area contributed by atoms with Crippen molar-refractivity contribution in [3.63, 3.8) is 0 Å². The first-order valence-electron chi connectivity index (χ1n) is 5.52. The number of aliphatic hydroxyl groups is 1. The number of carbonyl (C=O) groups excluding carboxylic acids is 1. The van der Waals surface area contributed by atoms with Gasteiger partial charge in [-0.1, -0.05) is 18.2 Å². The fraction of sp³-hybridized carbons (Fsp3) is 0.417. The van der Waals surface area contributed by atoms with Crippen molar-refractivity contribution in [1.82, 2.24) is 5.32 Å². The Hall–Kier alpha value is -1.53. The minimum atomic E-state index is -3.22. The van der Waals surface area contributed by atoms with E-state index < -0.39 is 31.0 Å². The Labute approximate surface area is 104 Å². The first-order chi connectivity index (χ1) is 8.44. The highest BCUT2D eigenvalue weighted by atomic mass is 19.3. The molecule has 6 heteroatoms. The Morgan fingerprint density at radius 2 is 2.00 bits per heavy atom. The van der Waals surface area contributed by atoms with Crippen LogP contribution in [0.4, 0.5) is 14.5 Å². The number of para-hydroxylation sites is 1. The fourth-order valence-electron chi connectivity index (χ4n) is 1.22. The summed E-state index contributed by atoms with van der Waals surface area (Å²) in [5.74, 6) is -3.63. The monoisotopic (exact) mass is 258 g/mol. The molecule has 100 valence electrons.